The molecule has 0 bridgehead atoms. The Morgan fingerprint density at radius 2 is 1.56 bits per heavy atom. The molecule has 1 aliphatic rings. The van der Waals surface area contributed by atoms with Crippen molar-refractivity contribution in [2.24, 2.45) is 7.05 Å². The molecule has 0 unspecified atom stereocenters. The smallest absolute Gasteiger partial charge is 0.354 e. The molecule has 1 aliphatic heterocycles. The number of benzene rings is 1. The van der Waals surface area contributed by atoms with Gasteiger partial charge in [-0.3, -0.25) is 4.79 Å². The maximum Gasteiger partial charge on any atom is 0.354 e. The van der Waals surface area contributed by atoms with Crippen LogP contribution >= 0.6 is 11.8 Å². The van der Waals surface area contributed by atoms with Crippen molar-refractivity contribution in [1.29, 1.82) is 0 Å². The monoisotopic (exact) mass is 608 g/mol. The van der Waals surface area contributed by atoms with Gasteiger partial charge in [-0.05, 0) is 54.4 Å². The topological polar surface area (TPSA) is 115 Å². The van der Waals surface area contributed by atoms with E-state index < -0.39 is 20.7 Å². The first kappa shape index (κ1) is 33.0. The zero-order valence-electron chi connectivity index (χ0n) is 25.7. The van der Waals surface area contributed by atoms with E-state index in [2.05, 4.69) is 41.5 Å². The zero-order chi connectivity index (χ0) is 31.0. The van der Waals surface area contributed by atoms with Crippen LogP contribution in [0.25, 0.3) is 0 Å². The highest BCUT2D eigenvalue weighted by Crippen LogP contribution is 2.48. The number of rotatable bonds is 8. The van der Waals surface area contributed by atoms with Crippen LogP contribution in [-0.4, -0.2) is 65.9 Å². The van der Waals surface area contributed by atoms with Gasteiger partial charge in [0.25, 0.3) is 10.0 Å². The summed E-state index contributed by atoms with van der Waals surface area (Å²) in [5.41, 5.74) is 1.29. The SMILES string of the molecule is COC(=O)c1ccc(S(=O)(=O)N2CCC(CCOC(C)=O)(Sc3cc(C(C)(C)C)c(O)c(C(C)(C)C)c3)CC2)n1C. The van der Waals surface area contributed by atoms with Crippen LogP contribution in [0, 0.1) is 0 Å². The van der Waals surface area contributed by atoms with Crippen LogP contribution in [0.4, 0.5) is 0 Å². The number of carbonyl (C=O) groups excluding carboxylic acids is 2. The predicted octanol–water partition coefficient (Wildman–Crippen LogP) is 5.38. The minimum Gasteiger partial charge on any atom is -0.507 e. The molecule has 1 aromatic heterocycles. The molecule has 11 heteroatoms. The minimum atomic E-state index is -3.87. The van der Waals surface area contributed by atoms with Crippen molar-refractivity contribution in [3.05, 3.63) is 41.1 Å². The summed E-state index contributed by atoms with van der Waals surface area (Å²) in [6.45, 7) is 14.5. The molecule has 1 saturated heterocycles. The van der Waals surface area contributed by atoms with Crippen molar-refractivity contribution in [3.63, 3.8) is 0 Å². The summed E-state index contributed by atoms with van der Waals surface area (Å²) in [5.74, 6) is -0.658. The van der Waals surface area contributed by atoms with Crippen molar-refractivity contribution in [2.75, 3.05) is 26.8 Å². The van der Waals surface area contributed by atoms with Gasteiger partial charge in [-0.1, -0.05) is 41.5 Å². The summed E-state index contributed by atoms with van der Waals surface area (Å²) in [5, 5.41) is 11.2. The van der Waals surface area contributed by atoms with Crippen LogP contribution in [-0.2, 0) is 42.2 Å². The largest absolute Gasteiger partial charge is 0.507 e. The van der Waals surface area contributed by atoms with E-state index in [-0.39, 0.29) is 47.2 Å². The number of aromatic nitrogens is 1. The van der Waals surface area contributed by atoms with Crippen molar-refractivity contribution in [2.45, 2.75) is 93.2 Å². The summed E-state index contributed by atoms with van der Waals surface area (Å²) in [6.07, 6.45) is 1.62. The highest BCUT2D eigenvalue weighted by Gasteiger charge is 2.41. The number of phenols is 1. The third-order valence-corrected chi connectivity index (χ3v) is 11.1. The Hall–Kier alpha value is -2.50. The lowest BCUT2D eigenvalue weighted by atomic mass is 9.79. The van der Waals surface area contributed by atoms with Crippen LogP contribution in [0.5, 0.6) is 5.75 Å². The van der Waals surface area contributed by atoms with Gasteiger partial charge in [0.05, 0.1) is 13.7 Å². The summed E-state index contributed by atoms with van der Waals surface area (Å²) in [6, 6.07) is 6.94. The number of sulfonamides is 1. The number of piperidine rings is 1. The third-order valence-electron chi connectivity index (χ3n) is 7.60. The number of hydrogen-bond acceptors (Lipinski definition) is 8. The second-order valence-corrected chi connectivity index (χ2v) is 16.2. The molecule has 2 aromatic rings. The Balaban J connectivity index is 1.95. The second-order valence-electron chi connectivity index (χ2n) is 12.8. The highest BCUT2D eigenvalue weighted by molar-refractivity contribution is 8.00. The molecule has 3 rings (SSSR count). The van der Waals surface area contributed by atoms with Crippen molar-refractivity contribution < 1.29 is 32.6 Å². The van der Waals surface area contributed by atoms with E-state index in [0.29, 0.717) is 25.0 Å². The third kappa shape index (κ3) is 7.29. The summed E-state index contributed by atoms with van der Waals surface area (Å²) < 4.78 is 39.7. The van der Waals surface area contributed by atoms with Crippen molar-refractivity contribution >= 4 is 33.7 Å². The first-order chi connectivity index (χ1) is 18.8. The fourth-order valence-electron chi connectivity index (χ4n) is 5.17. The number of phenolic OH excluding ortho intramolecular Hbond substituents is 1. The lowest BCUT2D eigenvalue weighted by molar-refractivity contribution is -0.141. The van der Waals surface area contributed by atoms with Crippen molar-refractivity contribution in [1.82, 2.24) is 8.87 Å². The van der Waals surface area contributed by atoms with E-state index in [9.17, 15) is 23.1 Å². The quantitative estimate of drug-likeness (QED) is 0.397. The van der Waals surface area contributed by atoms with Crippen LogP contribution in [0.2, 0.25) is 0 Å². The van der Waals surface area contributed by atoms with E-state index in [1.165, 1.54) is 42.1 Å². The van der Waals surface area contributed by atoms with Gasteiger partial charge in [0.15, 0.2) is 5.03 Å². The van der Waals surface area contributed by atoms with Gasteiger partial charge in [-0.15, -0.1) is 11.8 Å². The predicted molar refractivity (Wildman–Crippen MR) is 160 cm³/mol. The molecule has 1 N–H and O–H groups in total. The molecule has 1 fully saturated rings. The number of nitrogens with zero attached hydrogens (tertiary/aromatic N) is 2. The standard InChI is InChI=1S/C30H44N2O7S2/c1-20(33)39-17-14-30(40-21-18-22(28(2,3)4)26(34)23(19-21)29(5,6)7)12-15-32(16-13-30)41(36,37)25-11-10-24(31(25)8)27(35)38-9/h10-11,18-19,34H,12-17H2,1-9H3. The van der Waals surface area contributed by atoms with Gasteiger partial charge < -0.3 is 19.1 Å². The van der Waals surface area contributed by atoms with Gasteiger partial charge >= 0.3 is 11.9 Å². The zero-order valence-corrected chi connectivity index (χ0v) is 27.3. The first-order valence-corrected chi connectivity index (χ1v) is 16.0. The maximum atomic E-state index is 13.6. The van der Waals surface area contributed by atoms with Gasteiger partial charge in [0, 0.05) is 47.8 Å². The van der Waals surface area contributed by atoms with Crippen LogP contribution < -0.4 is 0 Å². The fraction of sp³-hybridized carbons (Fsp3) is 0.600. The molecular weight excluding hydrogens is 564 g/mol. The molecule has 9 nitrogen and oxygen atoms in total. The van der Waals surface area contributed by atoms with Crippen LogP contribution in [0.3, 0.4) is 0 Å². The molecular formula is C30H44N2O7S2. The maximum absolute atomic E-state index is 13.6. The van der Waals surface area contributed by atoms with E-state index in [0.717, 1.165) is 16.0 Å². The number of carbonyl (C=O) groups is 2. The molecule has 0 atom stereocenters. The Kier molecular flexibility index (Phi) is 9.67. The average Bonchev–Trinajstić information content (AvgIpc) is 3.25. The molecule has 0 saturated carbocycles. The molecule has 0 amide bonds. The number of hydrogen-bond donors (Lipinski definition) is 1. The molecule has 2 heterocycles. The summed E-state index contributed by atoms with van der Waals surface area (Å²) in [4.78, 5) is 24.6. The molecule has 1 aromatic carbocycles. The highest BCUT2D eigenvalue weighted by atomic mass is 32.2. The lowest BCUT2D eigenvalue weighted by Gasteiger charge is -2.41. The number of aromatic hydroxyl groups is 1. The molecule has 0 radical (unpaired) electrons. The van der Waals surface area contributed by atoms with E-state index in [1.54, 1.807) is 11.8 Å². The Morgan fingerprint density at radius 1 is 1.02 bits per heavy atom. The van der Waals surface area contributed by atoms with Gasteiger partial charge in [-0.25, -0.2) is 13.2 Å². The number of esters is 2. The number of thioether (sulfide) groups is 1. The Bertz CT molecular complexity index is 1360. The van der Waals surface area contributed by atoms with Gasteiger partial charge in [-0.2, -0.15) is 4.31 Å². The molecule has 228 valence electrons. The van der Waals surface area contributed by atoms with Crippen LogP contribution in [0.15, 0.2) is 34.2 Å². The first-order valence-electron chi connectivity index (χ1n) is 13.8. The fourth-order valence-corrected chi connectivity index (χ4v) is 8.21. The van der Waals surface area contributed by atoms with E-state index in [1.807, 2.05) is 12.1 Å². The molecule has 0 spiro atoms. The summed E-state index contributed by atoms with van der Waals surface area (Å²) in [7, 11) is -1.08. The van der Waals surface area contributed by atoms with Crippen LogP contribution in [0.1, 0.15) is 89.3 Å². The molecule has 41 heavy (non-hydrogen) atoms. The van der Waals surface area contributed by atoms with E-state index >= 15 is 0 Å². The van der Waals surface area contributed by atoms with Gasteiger partial charge in [0.2, 0.25) is 0 Å². The number of ether oxygens (including phenoxy) is 2. The number of methoxy groups -OCH3 is 1. The van der Waals surface area contributed by atoms with Gasteiger partial charge in [0.1, 0.15) is 11.4 Å². The average molecular weight is 609 g/mol. The van der Waals surface area contributed by atoms with E-state index in [4.69, 9.17) is 9.47 Å². The van der Waals surface area contributed by atoms with Crippen molar-refractivity contribution in [3.8, 4) is 5.75 Å². The normalized spacial score (nSPS) is 16.4. The second kappa shape index (κ2) is 12.0. The molecule has 0 aliphatic carbocycles. The Labute approximate surface area is 248 Å². The Morgan fingerprint density at radius 3 is 2.02 bits per heavy atom. The lowest BCUT2D eigenvalue weighted by Crippen LogP contribution is -2.46. The summed E-state index contributed by atoms with van der Waals surface area (Å²) >= 11 is 1.67. The minimum absolute atomic E-state index is 0.0288.